The number of nitrogens with zero attached hydrogens (tertiary/aromatic N) is 1. The molecule has 1 aromatic heterocycles. The molecule has 6 nitrogen and oxygen atoms in total. The summed E-state index contributed by atoms with van der Waals surface area (Å²) in [6, 6.07) is 6.60. The van der Waals surface area contributed by atoms with Crippen molar-refractivity contribution < 1.29 is 14.1 Å². The molecule has 100 valence electrons. The second-order valence-corrected chi connectivity index (χ2v) is 4.07. The standard InChI is InChI=1S/C13H14N2O4/c1-9(10-5-6-19-8-10)14-11-3-4-13(18-2)12(7-11)15(16)17/h3-9,14H,1-2H3. The zero-order chi connectivity index (χ0) is 13.8. The highest BCUT2D eigenvalue weighted by Gasteiger charge is 2.16. The van der Waals surface area contributed by atoms with Crippen molar-refractivity contribution in [1.29, 1.82) is 0 Å². The van der Waals surface area contributed by atoms with Gasteiger partial charge >= 0.3 is 5.69 Å². The van der Waals surface area contributed by atoms with Crippen molar-refractivity contribution in [3.05, 3.63) is 52.5 Å². The Morgan fingerprint density at radius 3 is 2.79 bits per heavy atom. The van der Waals surface area contributed by atoms with Crippen LogP contribution in [0.1, 0.15) is 18.5 Å². The van der Waals surface area contributed by atoms with Crippen LogP contribution < -0.4 is 10.1 Å². The third kappa shape index (κ3) is 2.85. The zero-order valence-corrected chi connectivity index (χ0v) is 10.6. The van der Waals surface area contributed by atoms with E-state index >= 15 is 0 Å². The van der Waals surface area contributed by atoms with Gasteiger partial charge in [0.1, 0.15) is 0 Å². The van der Waals surface area contributed by atoms with Gasteiger partial charge in [0, 0.05) is 17.3 Å². The monoisotopic (exact) mass is 262 g/mol. The van der Waals surface area contributed by atoms with Crippen LogP contribution in [0.25, 0.3) is 0 Å². The fourth-order valence-electron chi connectivity index (χ4n) is 1.78. The van der Waals surface area contributed by atoms with E-state index < -0.39 is 4.92 Å². The van der Waals surface area contributed by atoms with Gasteiger partial charge in [0.15, 0.2) is 5.75 Å². The van der Waals surface area contributed by atoms with Crippen LogP contribution in [0.5, 0.6) is 5.75 Å². The van der Waals surface area contributed by atoms with Crippen LogP contribution in [0.15, 0.2) is 41.2 Å². The molecule has 6 heteroatoms. The van der Waals surface area contributed by atoms with Gasteiger partial charge in [0.25, 0.3) is 0 Å². The number of rotatable bonds is 5. The van der Waals surface area contributed by atoms with Crippen molar-refractivity contribution in [2.75, 3.05) is 12.4 Å². The minimum Gasteiger partial charge on any atom is -0.490 e. The molecule has 1 heterocycles. The Bertz CT molecular complexity index is 566. The van der Waals surface area contributed by atoms with Gasteiger partial charge < -0.3 is 14.5 Å². The molecule has 0 fully saturated rings. The molecule has 0 aliphatic rings. The van der Waals surface area contributed by atoms with Crippen molar-refractivity contribution in [2.24, 2.45) is 0 Å². The molecule has 1 N–H and O–H groups in total. The molecule has 0 radical (unpaired) electrons. The molecule has 1 atom stereocenters. The van der Waals surface area contributed by atoms with Gasteiger partial charge in [0.05, 0.1) is 30.6 Å². The van der Waals surface area contributed by atoms with Gasteiger partial charge in [-0.05, 0) is 25.1 Å². The van der Waals surface area contributed by atoms with Crippen LogP contribution in [0, 0.1) is 10.1 Å². The van der Waals surface area contributed by atoms with Gasteiger partial charge in [-0.3, -0.25) is 10.1 Å². The SMILES string of the molecule is COc1ccc(NC(C)c2ccoc2)cc1[N+](=O)[O-]. The molecule has 2 rings (SSSR count). The van der Waals surface area contributed by atoms with Gasteiger partial charge in [-0.2, -0.15) is 0 Å². The van der Waals surface area contributed by atoms with Gasteiger partial charge in [-0.15, -0.1) is 0 Å². The second-order valence-electron chi connectivity index (χ2n) is 4.07. The Balaban J connectivity index is 2.21. The fraction of sp³-hybridized carbons (Fsp3) is 0.231. The van der Waals surface area contributed by atoms with E-state index in [4.69, 9.17) is 9.15 Å². The van der Waals surface area contributed by atoms with E-state index in [1.807, 2.05) is 13.0 Å². The first kappa shape index (κ1) is 12.9. The number of hydrogen-bond acceptors (Lipinski definition) is 5. The number of furan rings is 1. The lowest BCUT2D eigenvalue weighted by molar-refractivity contribution is -0.385. The van der Waals surface area contributed by atoms with E-state index in [1.54, 1.807) is 24.7 Å². The number of nitro groups is 1. The minimum atomic E-state index is -0.466. The summed E-state index contributed by atoms with van der Waals surface area (Å²) in [5, 5.41) is 14.1. The molecule has 1 unspecified atom stereocenters. The summed E-state index contributed by atoms with van der Waals surface area (Å²) in [7, 11) is 1.41. The molecule has 0 saturated heterocycles. The highest BCUT2D eigenvalue weighted by atomic mass is 16.6. The molecule has 0 amide bonds. The molecule has 0 aliphatic heterocycles. The highest BCUT2D eigenvalue weighted by molar-refractivity contribution is 5.59. The third-order valence-corrected chi connectivity index (χ3v) is 2.80. The van der Waals surface area contributed by atoms with Crippen molar-refractivity contribution in [3.8, 4) is 5.75 Å². The predicted octanol–water partition coefficient (Wildman–Crippen LogP) is 3.37. The molecule has 2 aromatic rings. The third-order valence-electron chi connectivity index (χ3n) is 2.80. The zero-order valence-electron chi connectivity index (χ0n) is 10.6. The van der Waals surface area contributed by atoms with Gasteiger partial charge in [-0.25, -0.2) is 0 Å². The first-order chi connectivity index (χ1) is 9.11. The molecule has 1 aromatic carbocycles. The Kier molecular flexibility index (Phi) is 3.70. The van der Waals surface area contributed by atoms with E-state index in [9.17, 15) is 10.1 Å². The maximum absolute atomic E-state index is 10.9. The lowest BCUT2D eigenvalue weighted by Gasteiger charge is -2.13. The van der Waals surface area contributed by atoms with E-state index in [1.165, 1.54) is 13.2 Å². The quantitative estimate of drug-likeness (QED) is 0.660. The van der Waals surface area contributed by atoms with E-state index in [0.717, 1.165) is 5.56 Å². The van der Waals surface area contributed by atoms with Crippen LogP contribution in [0.2, 0.25) is 0 Å². The summed E-state index contributed by atoms with van der Waals surface area (Å²) in [6.45, 7) is 1.95. The summed E-state index contributed by atoms with van der Waals surface area (Å²) < 4.78 is 9.96. The van der Waals surface area contributed by atoms with Crippen molar-refractivity contribution in [3.63, 3.8) is 0 Å². The molecular weight excluding hydrogens is 248 g/mol. The molecular formula is C13H14N2O4. The van der Waals surface area contributed by atoms with Crippen LogP contribution in [0.4, 0.5) is 11.4 Å². The summed E-state index contributed by atoms with van der Waals surface area (Å²) in [6.07, 6.45) is 3.22. The van der Waals surface area contributed by atoms with Crippen LogP contribution in [-0.4, -0.2) is 12.0 Å². The molecule has 0 spiro atoms. The van der Waals surface area contributed by atoms with Crippen LogP contribution in [0.3, 0.4) is 0 Å². The number of ether oxygens (including phenoxy) is 1. The first-order valence-electron chi connectivity index (χ1n) is 5.73. The van der Waals surface area contributed by atoms with Crippen molar-refractivity contribution in [2.45, 2.75) is 13.0 Å². The average Bonchev–Trinajstić information content (AvgIpc) is 2.92. The number of anilines is 1. The fourth-order valence-corrected chi connectivity index (χ4v) is 1.78. The minimum absolute atomic E-state index is 0.00764. The summed E-state index contributed by atoms with van der Waals surface area (Å²) in [5.41, 5.74) is 1.56. The lowest BCUT2D eigenvalue weighted by atomic mass is 10.1. The number of methoxy groups -OCH3 is 1. The molecule has 0 bridgehead atoms. The average molecular weight is 262 g/mol. The van der Waals surface area contributed by atoms with E-state index in [0.29, 0.717) is 5.69 Å². The van der Waals surface area contributed by atoms with Crippen LogP contribution in [-0.2, 0) is 0 Å². The Morgan fingerprint density at radius 2 is 2.21 bits per heavy atom. The van der Waals surface area contributed by atoms with Gasteiger partial charge in [0.2, 0.25) is 0 Å². The summed E-state index contributed by atoms with van der Waals surface area (Å²) in [4.78, 5) is 10.5. The maximum Gasteiger partial charge on any atom is 0.312 e. The smallest absolute Gasteiger partial charge is 0.312 e. The van der Waals surface area contributed by atoms with Crippen molar-refractivity contribution >= 4 is 11.4 Å². The second kappa shape index (κ2) is 5.43. The number of nitro benzene ring substituents is 1. The normalized spacial score (nSPS) is 11.9. The summed E-state index contributed by atoms with van der Waals surface area (Å²) >= 11 is 0. The number of hydrogen-bond donors (Lipinski definition) is 1. The molecule has 0 aliphatic carbocycles. The molecule has 0 saturated carbocycles. The first-order valence-corrected chi connectivity index (χ1v) is 5.73. The lowest BCUT2D eigenvalue weighted by Crippen LogP contribution is -2.06. The summed E-state index contributed by atoms with van der Waals surface area (Å²) in [5.74, 6) is 0.242. The van der Waals surface area contributed by atoms with Crippen LogP contribution >= 0.6 is 0 Å². The Morgan fingerprint density at radius 1 is 1.42 bits per heavy atom. The largest absolute Gasteiger partial charge is 0.490 e. The Hall–Kier alpha value is -2.50. The van der Waals surface area contributed by atoms with Gasteiger partial charge in [-0.1, -0.05) is 0 Å². The van der Waals surface area contributed by atoms with E-state index in [2.05, 4.69) is 5.32 Å². The van der Waals surface area contributed by atoms with E-state index in [-0.39, 0.29) is 17.5 Å². The van der Waals surface area contributed by atoms with Crippen molar-refractivity contribution in [1.82, 2.24) is 0 Å². The highest BCUT2D eigenvalue weighted by Crippen LogP contribution is 2.31. The molecule has 19 heavy (non-hydrogen) atoms. The number of benzene rings is 1. The Labute approximate surface area is 110 Å². The topological polar surface area (TPSA) is 77.5 Å². The predicted molar refractivity (Wildman–Crippen MR) is 70.4 cm³/mol. The maximum atomic E-state index is 10.9. The number of nitrogens with one attached hydrogen (secondary N) is 1.